The van der Waals surface area contributed by atoms with Crippen molar-refractivity contribution in [1.29, 1.82) is 0 Å². The van der Waals surface area contributed by atoms with Crippen molar-refractivity contribution in [2.24, 2.45) is 28.9 Å². The third-order valence-electron chi connectivity index (χ3n) is 7.80. The van der Waals surface area contributed by atoms with Gasteiger partial charge in [-0.3, -0.25) is 9.48 Å². The first-order chi connectivity index (χ1) is 14.2. The summed E-state index contributed by atoms with van der Waals surface area (Å²) >= 11 is 0. The van der Waals surface area contributed by atoms with Gasteiger partial charge in [-0.25, -0.2) is 4.79 Å². The van der Waals surface area contributed by atoms with Crippen molar-refractivity contribution < 1.29 is 27.5 Å². The Morgan fingerprint density at radius 1 is 1.26 bits per heavy atom. The zero-order valence-electron chi connectivity index (χ0n) is 17.1. The minimum Gasteiger partial charge on any atom is -0.462 e. The second-order valence-electron chi connectivity index (χ2n) is 9.00. The van der Waals surface area contributed by atoms with Gasteiger partial charge in [-0.1, -0.05) is 0 Å². The summed E-state index contributed by atoms with van der Waals surface area (Å²) in [6.07, 6.45) is -1.04. The summed E-state index contributed by atoms with van der Waals surface area (Å²) in [6.45, 7) is 2.25. The first-order valence-corrected chi connectivity index (χ1v) is 10.6. The van der Waals surface area contributed by atoms with Crippen LogP contribution >= 0.6 is 12.4 Å². The second kappa shape index (κ2) is 7.37. The summed E-state index contributed by atoms with van der Waals surface area (Å²) in [4.78, 5) is 27.0. The summed E-state index contributed by atoms with van der Waals surface area (Å²) in [5, 5.41) is 3.88. The van der Waals surface area contributed by atoms with Gasteiger partial charge in [0.25, 0.3) is 0 Å². The molecular weight excluding hydrogens is 437 g/mol. The highest BCUT2D eigenvalue weighted by Gasteiger charge is 2.82. The maximum Gasteiger partial charge on any atom is 0.433 e. The third kappa shape index (κ3) is 3.01. The number of amides is 1. The average Bonchev–Trinajstić information content (AvgIpc) is 3.19. The van der Waals surface area contributed by atoms with Gasteiger partial charge in [-0.05, 0) is 50.4 Å². The van der Waals surface area contributed by atoms with Crippen molar-refractivity contribution in [3.8, 4) is 0 Å². The molecular formula is C20H26ClF3N4O3. The van der Waals surface area contributed by atoms with E-state index in [4.69, 9.17) is 10.5 Å². The number of halogens is 4. The summed E-state index contributed by atoms with van der Waals surface area (Å²) in [5.74, 6) is 0.306. The van der Waals surface area contributed by atoms with E-state index in [1.54, 1.807) is 4.90 Å². The number of aromatic nitrogens is 2. The van der Waals surface area contributed by atoms with E-state index in [1.807, 2.05) is 0 Å². The van der Waals surface area contributed by atoms with E-state index in [-0.39, 0.29) is 31.0 Å². The predicted octanol–water partition coefficient (Wildman–Crippen LogP) is 2.65. The van der Waals surface area contributed by atoms with E-state index < -0.39 is 34.9 Å². The van der Waals surface area contributed by atoms with Crippen molar-refractivity contribution in [2.45, 2.75) is 50.9 Å². The summed E-state index contributed by atoms with van der Waals surface area (Å²) < 4.78 is 46.8. The van der Waals surface area contributed by atoms with Crippen LogP contribution in [0.5, 0.6) is 0 Å². The summed E-state index contributed by atoms with van der Waals surface area (Å²) in [6, 6.07) is -0.611. The molecule has 31 heavy (non-hydrogen) atoms. The number of ether oxygens (including phenoxy) is 1. The fourth-order valence-corrected chi connectivity index (χ4v) is 6.53. The molecule has 5 fully saturated rings. The van der Waals surface area contributed by atoms with Crippen molar-refractivity contribution in [1.82, 2.24) is 14.7 Å². The van der Waals surface area contributed by atoms with Gasteiger partial charge in [-0.2, -0.15) is 18.3 Å². The Balaban J connectivity index is 0.00000231. The molecule has 4 aliphatic carbocycles. The molecule has 1 saturated heterocycles. The number of rotatable bonds is 4. The van der Waals surface area contributed by atoms with Crippen LogP contribution < -0.4 is 5.73 Å². The monoisotopic (exact) mass is 462 g/mol. The third-order valence-corrected chi connectivity index (χ3v) is 7.80. The number of nitrogens with zero attached hydrogens (tertiary/aromatic N) is 3. The number of likely N-dealkylation sites (tertiary alicyclic amines) is 1. The number of hydrogen-bond acceptors (Lipinski definition) is 5. The van der Waals surface area contributed by atoms with Crippen molar-refractivity contribution in [2.75, 3.05) is 19.7 Å². The van der Waals surface area contributed by atoms with Gasteiger partial charge in [0.05, 0.1) is 24.3 Å². The molecule has 0 aromatic carbocycles. The number of alkyl halides is 3. The molecule has 2 N–H and O–H groups in total. The Kier molecular flexibility index (Phi) is 5.32. The average molecular weight is 463 g/mol. The van der Waals surface area contributed by atoms with Gasteiger partial charge in [-0.15, -0.1) is 12.4 Å². The lowest BCUT2D eigenvalue weighted by Gasteiger charge is -2.35. The lowest BCUT2D eigenvalue weighted by molar-refractivity contribution is -0.147. The van der Waals surface area contributed by atoms with Crippen LogP contribution in [0.2, 0.25) is 0 Å². The molecule has 2 heterocycles. The van der Waals surface area contributed by atoms with Gasteiger partial charge in [0, 0.05) is 19.1 Å². The van der Waals surface area contributed by atoms with E-state index >= 15 is 0 Å². The van der Waals surface area contributed by atoms with Crippen LogP contribution in [0.25, 0.3) is 0 Å². The fraction of sp³-hybridized carbons (Fsp3) is 0.750. The maximum absolute atomic E-state index is 13.7. The molecule has 1 aliphatic heterocycles. The van der Waals surface area contributed by atoms with E-state index in [1.165, 1.54) is 6.92 Å². The molecule has 1 aromatic heterocycles. The smallest absolute Gasteiger partial charge is 0.433 e. The van der Waals surface area contributed by atoms with E-state index in [0.717, 1.165) is 23.7 Å². The second-order valence-corrected chi connectivity index (χ2v) is 9.00. The molecule has 1 amide bonds. The lowest BCUT2D eigenvalue weighted by atomic mass is 9.94. The Morgan fingerprint density at radius 2 is 1.87 bits per heavy atom. The topological polar surface area (TPSA) is 90.5 Å². The molecule has 1 aromatic rings. The molecule has 0 radical (unpaired) electrons. The molecule has 0 spiro atoms. The minimum atomic E-state index is -4.73. The van der Waals surface area contributed by atoms with Crippen LogP contribution in [0.3, 0.4) is 0 Å². The molecule has 6 rings (SSSR count). The predicted molar refractivity (Wildman–Crippen MR) is 105 cm³/mol. The fourth-order valence-electron chi connectivity index (χ4n) is 6.53. The van der Waals surface area contributed by atoms with Crippen LogP contribution in [0.1, 0.15) is 54.7 Å². The number of hydrogen-bond donors (Lipinski definition) is 1. The Labute approximate surface area is 183 Å². The number of esters is 1. The molecule has 4 bridgehead atoms. The minimum absolute atomic E-state index is 0. The van der Waals surface area contributed by atoms with Gasteiger partial charge in [0.2, 0.25) is 5.91 Å². The van der Waals surface area contributed by atoms with E-state index in [9.17, 15) is 22.8 Å². The van der Waals surface area contributed by atoms with Crippen LogP contribution in [-0.2, 0) is 15.7 Å². The standard InChI is InChI=1S/C20H25F3N4O3.ClH/c1-2-30-17(28)12-9-25-27(16(12)20(21,22)23)11-3-5-26(6-4-11)18(29)19-13-7-10(15(19)24)8-14(13)19;/h9-11,13-15H,2-8,24H2,1H3;1H. The normalized spacial score (nSPS) is 33.9. The van der Waals surface area contributed by atoms with Crippen LogP contribution in [-0.4, -0.2) is 52.3 Å². The Morgan fingerprint density at radius 3 is 2.35 bits per heavy atom. The molecule has 3 unspecified atom stereocenters. The number of carbonyl (C=O) groups is 2. The first-order valence-electron chi connectivity index (χ1n) is 10.6. The molecule has 4 saturated carbocycles. The van der Waals surface area contributed by atoms with Gasteiger partial charge < -0.3 is 15.4 Å². The molecule has 11 heteroatoms. The number of carbonyl (C=O) groups excluding carboxylic acids is 2. The van der Waals surface area contributed by atoms with Gasteiger partial charge in [0.15, 0.2) is 5.69 Å². The highest BCUT2D eigenvalue weighted by Crippen LogP contribution is 2.78. The summed E-state index contributed by atoms with van der Waals surface area (Å²) in [7, 11) is 0. The van der Waals surface area contributed by atoms with Crippen molar-refractivity contribution in [3.63, 3.8) is 0 Å². The highest BCUT2D eigenvalue weighted by atomic mass is 35.5. The van der Waals surface area contributed by atoms with E-state index in [0.29, 0.717) is 43.7 Å². The van der Waals surface area contributed by atoms with Gasteiger partial charge in [0.1, 0.15) is 5.56 Å². The first kappa shape index (κ1) is 22.4. The van der Waals surface area contributed by atoms with Gasteiger partial charge >= 0.3 is 12.1 Å². The lowest BCUT2D eigenvalue weighted by Crippen LogP contribution is -2.48. The zero-order chi connectivity index (χ0) is 21.4. The number of piperidine rings is 1. The van der Waals surface area contributed by atoms with Crippen molar-refractivity contribution >= 4 is 24.3 Å². The SMILES string of the molecule is CCOC(=O)c1cnn(C2CCN(C(=O)C34C(N)C5CC3C4C5)CC2)c1C(F)(F)F.Cl. The maximum atomic E-state index is 13.7. The Bertz CT molecular complexity index is 885. The van der Waals surface area contributed by atoms with Crippen LogP contribution in [0.4, 0.5) is 13.2 Å². The largest absolute Gasteiger partial charge is 0.462 e. The molecule has 7 nitrogen and oxygen atoms in total. The van der Waals surface area contributed by atoms with Crippen LogP contribution in [0.15, 0.2) is 6.20 Å². The molecule has 3 atom stereocenters. The number of nitrogens with two attached hydrogens (primary N) is 1. The zero-order valence-corrected chi connectivity index (χ0v) is 17.9. The molecule has 5 aliphatic rings. The van der Waals surface area contributed by atoms with Crippen molar-refractivity contribution in [3.05, 3.63) is 17.5 Å². The highest BCUT2D eigenvalue weighted by molar-refractivity contribution is 5.91. The quantitative estimate of drug-likeness (QED) is 0.695. The van der Waals surface area contributed by atoms with E-state index in [2.05, 4.69) is 5.10 Å². The molecule has 172 valence electrons. The van der Waals surface area contributed by atoms with Crippen LogP contribution in [0, 0.1) is 23.2 Å². The summed E-state index contributed by atoms with van der Waals surface area (Å²) in [5.41, 5.74) is 4.31. The Hall–Kier alpha value is -1.81.